The molecule has 1 N–H and O–H groups in total. The van der Waals surface area contributed by atoms with E-state index in [1.807, 2.05) is 30.3 Å². The van der Waals surface area contributed by atoms with Crippen molar-refractivity contribution in [1.82, 2.24) is 9.62 Å². The van der Waals surface area contributed by atoms with Crippen LogP contribution < -0.4 is 4.72 Å². The molecule has 9 heteroatoms. The number of benzene rings is 2. The Labute approximate surface area is 190 Å². The largest absolute Gasteiger partial charge is 0.347 e. The molecule has 0 bridgehead atoms. The predicted octanol–water partition coefficient (Wildman–Crippen LogP) is 2.70. The Hall–Kier alpha value is -1.78. The molecule has 0 unspecified atom stereocenters. The van der Waals surface area contributed by atoms with Crippen LogP contribution in [0.4, 0.5) is 0 Å². The summed E-state index contributed by atoms with van der Waals surface area (Å²) >= 11 is 3.31. The minimum atomic E-state index is -3.87. The summed E-state index contributed by atoms with van der Waals surface area (Å²) in [5.74, 6) is -0.833. The fourth-order valence-electron chi connectivity index (χ4n) is 3.97. The van der Waals surface area contributed by atoms with E-state index in [1.165, 1.54) is 12.1 Å². The Bertz CT molecular complexity index is 998. The van der Waals surface area contributed by atoms with Gasteiger partial charge in [0.25, 0.3) is 0 Å². The Morgan fingerprint density at radius 2 is 1.65 bits per heavy atom. The van der Waals surface area contributed by atoms with Gasteiger partial charge in [0, 0.05) is 30.4 Å². The van der Waals surface area contributed by atoms with Gasteiger partial charge in [-0.2, -0.15) is 4.72 Å². The topological polar surface area (TPSA) is 84.9 Å². The number of rotatable bonds is 6. The van der Waals surface area contributed by atoms with E-state index in [9.17, 15) is 13.2 Å². The molecule has 166 valence electrons. The maximum Gasteiger partial charge on any atom is 0.241 e. The van der Waals surface area contributed by atoms with Gasteiger partial charge in [0.15, 0.2) is 5.79 Å². The summed E-state index contributed by atoms with van der Waals surface area (Å²) in [7, 11) is -3.87. The number of sulfonamides is 1. The van der Waals surface area contributed by atoms with Crippen molar-refractivity contribution in [2.75, 3.05) is 26.3 Å². The van der Waals surface area contributed by atoms with Gasteiger partial charge in [-0.25, -0.2) is 8.42 Å². The summed E-state index contributed by atoms with van der Waals surface area (Å²) in [4.78, 5) is 15.2. The number of hydrogen-bond acceptors (Lipinski definition) is 5. The van der Waals surface area contributed by atoms with Gasteiger partial charge in [0.2, 0.25) is 15.9 Å². The third-order valence-corrected chi connectivity index (χ3v) is 7.67. The molecule has 0 aromatic heterocycles. The molecule has 1 amide bonds. The van der Waals surface area contributed by atoms with Crippen molar-refractivity contribution in [2.45, 2.75) is 36.0 Å². The average Bonchev–Trinajstić information content (AvgIpc) is 3.22. The van der Waals surface area contributed by atoms with Crippen LogP contribution in [0, 0.1) is 0 Å². The lowest BCUT2D eigenvalue weighted by molar-refractivity contribution is -0.187. The average molecular weight is 509 g/mol. The van der Waals surface area contributed by atoms with E-state index >= 15 is 0 Å². The smallest absolute Gasteiger partial charge is 0.241 e. The lowest BCUT2D eigenvalue weighted by Gasteiger charge is -2.38. The second-order valence-corrected chi connectivity index (χ2v) is 10.4. The first-order valence-corrected chi connectivity index (χ1v) is 12.5. The third-order valence-electron chi connectivity index (χ3n) is 5.65. The Kier molecular flexibility index (Phi) is 6.78. The second kappa shape index (κ2) is 9.38. The molecule has 31 heavy (non-hydrogen) atoms. The molecule has 1 spiro atoms. The van der Waals surface area contributed by atoms with E-state index in [2.05, 4.69) is 20.7 Å². The number of halogens is 1. The van der Waals surface area contributed by atoms with Crippen LogP contribution in [0.15, 0.2) is 64.0 Å². The summed E-state index contributed by atoms with van der Waals surface area (Å²) in [6.45, 7) is 2.06. The van der Waals surface area contributed by atoms with Crippen molar-refractivity contribution in [3.63, 3.8) is 0 Å². The molecule has 4 rings (SSSR count). The summed E-state index contributed by atoms with van der Waals surface area (Å²) in [6.07, 6.45) is 1.43. The van der Waals surface area contributed by atoms with Crippen LogP contribution in [0.3, 0.4) is 0 Å². The minimum Gasteiger partial charge on any atom is -0.347 e. The van der Waals surface area contributed by atoms with Gasteiger partial charge < -0.3 is 14.4 Å². The fraction of sp³-hybridized carbons (Fsp3) is 0.409. The van der Waals surface area contributed by atoms with Crippen molar-refractivity contribution in [3.05, 3.63) is 64.6 Å². The molecule has 1 atom stereocenters. The molecule has 2 aromatic rings. The predicted molar refractivity (Wildman–Crippen MR) is 119 cm³/mol. The molecular weight excluding hydrogens is 484 g/mol. The van der Waals surface area contributed by atoms with E-state index in [0.717, 1.165) is 10.0 Å². The summed E-state index contributed by atoms with van der Waals surface area (Å²) in [6, 6.07) is 14.8. The van der Waals surface area contributed by atoms with Gasteiger partial charge in [-0.3, -0.25) is 4.79 Å². The number of likely N-dealkylation sites (tertiary alicyclic amines) is 1. The van der Waals surface area contributed by atoms with E-state index in [4.69, 9.17) is 9.47 Å². The van der Waals surface area contributed by atoms with Gasteiger partial charge in [-0.05, 0) is 36.2 Å². The quantitative estimate of drug-likeness (QED) is 0.648. The number of piperidine rings is 1. The minimum absolute atomic E-state index is 0.118. The van der Waals surface area contributed by atoms with Crippen LogP contribution in [0.2, 0.25) is 0 Å². The molecular formula is C22H25BrN2O5S. The number of amides is 1. The van der Waals surface area contributed by atoms with Crippen molar-refractivity contribution in [2.24, 2.45) is 0 Å². The van der Waals surface area contributed by atoms with E-state index in [1.54, 1.807) is 17.0 Å². The summed E-state index contributed by atoms with van der Waals surface area (Å²) in [5.41, 5.74) is 0.885. The zero-order chi connectivity index (χ0) is 21.9. The van der Waals surface area contributed by atoms with Crippen LogP contribution in [0.25, 0.3) is 0 Å². The van der Waals surface area contributed by atoms with Crippen LogP contribution in [0.5, 0.6) is 0 Å². The van der Waals surface area contributed by atoms with Crippen molar-refractivity contribution < 1.29 is 22.7 Å². The number of carbonyl (C=O) groups excluding carboxylic acids is 1. The van der Waals surface area contributed by atoms with Crippen LogP contribution in [-0.2, 0) is 30.7 Å². The lowest BCUT2D eigenvalue weighted by atomic mass is 10.0. The van der Waals surface area contributed by atoms with Crippen LogP contribution in [-0.4, -0.2) is 57.4 Å². The second-order valence-electron chi connectivity index (χ2n) is 7.75. The van der Waals surface area contributed by atoms with Gasteiger partial charge in [-0.1, -0.05) is 46.3 Å². The zero-order valence-corrected chi connectivity index (χ0v) is 19.4. The molecule has 2 aliphatic heterocycles. The number of nitrogens with zero attached hydrogens (tertiary/aromatic N) is 1. The number of carbonyl (C=O) groups is 1. The first-order chi connectivity index (χ1) is 14.9. The normalized spacial score (nSPS) is 19.5. The molecule has 0 radical (unpaired) electrons. The maximum atomic E-state index is 13.4. The van der Waals surface area contributed by atoms with Crippen molar-refractivity contribution >= 4 is 31.9 Å². The van der Waals surface area contributed by atoms with Gasteiger partial charge in [0.05, 0.1) is 18.1 Å². The van der Waals surface area contributed by atoms with Crippen molar-refractivity contribution in [1.29, 1.82) is 0 Å². The van der Waals surface area contributed by atoms with Crippen LogP contribution in [0.1, 0.15) is 18.4 Å². The molecule has 2 aromatic carbocycles. The highest BCUT2D eigenvalue weighted by molar-refractivity contribution is 9.10. The van der Waals surface area contributed by atoms with E-state index in [0.29, 0.717) is 39.1 Å². The number of ether oxygens (including phenoxy) is 2. The number of nitrogens with one attached hydrogen (secondary N) is 1. The van der Waals surface area contributed by atoms with E-state index in [-0.39, 0.29) is 17.2 Å². The van der Waals surface area contributed by atoms with Gasteiger partial charge in [-0.15, -0.1) is 0 Å². The highest BCUT2D eigenvalue weighted by atomic mass is 79.9. The molecule has 0 saturated carbocycles. The maximum absolute atomic E-state index is 13.4. The first-order valence-electron chi connectivity index (χ1n) is 10.3. The zero-order valence-electron chi connectivity index (χ0n) is 17.0. The summed E-state index contributed by atoms with van der Waals surface area (Å²) in [5, 5.41) is 0. The van der Waals surface area contributed by atoms with Gasteiger partial charge in [0.1, 0.15) is 6.04 Å². The highest BCUT2D eigenvalue weighted by Gasteiger charge is 2.42. The molecule has 2 aliphatic rings. The first kappa shape index (κ1) is 22.4. The summed E-state index contributed by atoms with van der Waals surface area (Å²) < 4.78 is 40.9. The lowest BCUT2D eigenvalue weighted by Crippen LogP contribution is -2.54. The monoisotopic (exact) mass is 508 g/mol. The standard InChI is InChI=1S/C22H25BrN2O5S/c23-18-6-8-19(9-7-18)31(27,28)24-20(16-17-4-2-1-3-5-17)21(26)25-12-10-22(11-13-25)29-14-15-30-22/h1-9,20,24H,10-16H2/t20-/m0/s1. The molecule has 2 fully saturated rings. The van der Waals surface area contributed by atoms with Crippen molar-refractivity contribution in [3.8, 4) is 0 Å². The Balaban J connectivity index is 1.52. The SMILES string of the molecule is O=C([C@H](Cc1ccccc1)NS(=O)(=O)c1ccc(Br)cc1)N1CCC2(CC1)OCCO2. The number of hydrogen-bond donors (Lipinski definition) is 1. The molecule has 7 nitrogen and oxygen atoms in total. The van der Waals surface area contributed by atoms with Crippen LogP contribution >= 0.6 is 15.9 Å². The van der Waals surface area contributed by atoms with Gasteiger partial charge >= 0.3 is 0 Å². The molecule has 2 saturated heterocycles. The highest BCUT2D eigenvalue weighted by Crippen LogP contribution is 2.31. The Morgan fingerprint density at radius 3 is 2.26 bits per heavy atom. The Morgan fingerprint density at radius 1 is 1.03 bits per heavy atom. The van der Waals surface area contributed by atoms with E-state index < -0.39 is 21.9 Å². The molecule has 2 heterocycles. The molecule has 0 aliphatic carbocycles. The third kappa shape index (κ3) is 5.35. The fourth-order valence-corrected chi connectivity index (χ4v) is 5.43.